The highest BCUT2D eigenvalue weighted by Gasteiger charge is 2.24. The molecule has 1 aromatic rings. The van der Waals surface area contributed by atoms with Gasteiger partial charge in [-0.1, -0.05) is 57.0 Å². The number of amides is 1. The molecule has 1 aromatic carbocycles. The minimum absolute atomic E-state index is 0.0125. The van der Waals surface area contributed by atoms with E-state index < -0.39 is 0 Å². The summed E-state index contributed by atoms with van der Waals surface area (Å²) < 4.78 is 0. The summed E-state index contributed by atoms with van der Waals surface area (Å²) in [5.74, 6) is 0.0367. The molecule has 100 valence electrons. The van der Waals surface area contributed by atoms with Gasteiger partial charge in [0.05, 0.1) is 0 Å². The average molecular weight is 288 g/mol. The maximum Gasteiger partial charge on any atom is 0.222 e. The van der Waals surface area contributed by atoms with Crippen LogP contribution >= 0.6 is 23.2 Å². The highest BCUT2D eigenvalue weighted by molar-refractivity contribution is 6.35. The van der Waals surface area contributed by atoms with Gasteiger partial charge in [0.15, 0.2) is 0 Å². The molecule has 0 radical (unpaired) electrons. The molecule has 0 aliphatic heterocycles. The molecule has 0 unspecified atom stereocenters. The maximum atomic E-state index is 11.6. The molecular formula is C14H19Cl2NO. The Balaban J connectivity index is 2.82. The van der Waals surface area contributed by atoms with Crippen molar-refractivity contribution in [3.8, 4) is 0 Å². The van der Waals surface area contributed by atoms with Crippen LogP contribution in [-0.4, -0.2) is 12.5 Å². The van der Waals surface area contributed by atoms with Gasteiger partial charge in [0.2, 0.25) is 5.91 Å². The van der Waals surface area contributed by atoms with Gasteiger partial charge in [0, 0.05) is 27.9 Å². The van der Waals surface area contributed by atoms with Crippen molar-refractivity contribution in [2.45, 2.75) is 33.1 Å². The average Bonchev–Trinajstić information content (AvgIpc) is 2.25. The first-order valence-electron chi connectivity index (χ1n) is 5.97. The van der Waals surface area contributed by atoms with Crippen LogP contribution in [-0.2, 0) is 10.2 Å². The van der Waals surface area contributed by atoms with Crippen molar-refractivity contribution in [1.82, 2.24) is 5.32 Å². The molecule has 0 fully saturated rings. The standard InChI is InChI=1S/C14H19Cl2NO/c1-9(2)13(18)17-8-14(3,4)11-6-5-10(15)7-12(11)16/h5-7,9H,8H2,1-4H3,(H,17,18). The monoisotopic (exact) mass is 287 g/mol. The van der Waals surface area contributed by atoms with Gasteiger partial charge in [-0.2, -0.15) is 0 Å². The molecule has 0 atom stereocenters. The predicted octanol–water partition coefficient (Wildman–Crippen LogP) is 4.04. The SMILES string of the molecule is CC(C)C(=O)NCC(C)(C)c1ccc(Cl)cc1Cl. The van der Waals surface area contributed by atoms with E-state index in [1.807, 2.05) is 39.8 Å². The van der Waals surface area contributed by atoms with Gasteiger partial charge >= 0.3 is 0 Å². The lowest BCUT2D eigenvalue weighted by Gasteiger charge is -2.27. The first kappa shape index (κ1) is 15.3. The van der Waals surface area contributed by atoms with Gasteiger partial charge in [-0.15, -0.1) is 0 Å². The highest BCUT2D eigenvalue weighted by atomic mass is 35.5. The number of halogens is 2. The number of hydrogen-bond donors (Lipinski definition) is 1. The summed E-state index contributed by atoms with van der Waals surface area (Å²) in [5.41, 5.74) is 0.754. The number of nitrogens with one attached hydrogen (secondary N) is 1. The molecule has 1 rings (SSSR count). The van der Waals surface area contributed by atoms with Crippen LogP contribution in [0.5, 0.6) is 0 Å². The summed E-state index contributed by atoms with van der Waals surface area (Å²) in [6.07, 6.45) is 0. The van der Waals surface area contributed by atoms with Crippen molar-refractivity contribution >= 4 is 29.1 Å². The van der Waals surface area contributed by atoms with Gasteiger partial charge < -0.3 is 5.32 Å². The lowest BCUT2D eigenvalue weighted by molar-refractivity contribution is -0.124. The van der Waals surface area contributed by atoms with E-state index in [0.717, 1.165) is 5.56 Å². The van der Waals surface area contributed by atoms with Crippen molar-refractivity contribution < 1.29 is 4.79 Å². The molecule has 4 heteroatoms. The zero-order valence-electron chi connectivity index (χ0n) is 11.2. The van der Waals surface area contributed by atoms with Gasteiger partial charge in [-0.25, -0.2) is 0 Å². The number of carbonyl (C=O) groups excluding carboxylic acids is 1. The molecule has 0 aromatic heterocycles. The van der Waals surface area contributed by atoms with E-state index in [0.29, 0.717) is 16.6 Å². The second-order valence-electron chi connectivity index (χ2n) is 5.38. The molecule has 1 N–H and O–H groups in total. The largest absolute Gasteiger partial charge is 0.355 e. The fourth-order valence-electron chi connectivity index (χ4n) is 1.65. The third-order valence-corrected chi connectivity index (χ3v) is 3.44. The second-order valence-corrected chi connectivity index (χ2v) is 6.22. The van der Waals surface area contributed by atoms with Crippen LogP contribution in [0.3, 0.4) is 0 Å². The van der Waals surface area contributed by atoms with E-state index in [-0.39, 0.29) is 17.2 Å². The normalized spacial score (nSPS) is 11.7. The van der Waals surface area contributed by atoms with E-state index in [1.165, 1.54) is 0 Å². The van der Waals surface area contributed by atoms with Crippen molar-refractivity contribution in [2.24, 2.45) is 5.92 Å². The van der Waals surface area contributed by atoms with Crippen molar-refractivity contribution in [3.05, 3.63) is 33.8 Å². The number of hydrogen-bond acceptors (Lipinski definition) is 1. The highest BCUT2D eigenvalue weighted by Crippen LogP contribution is 2.31. The summed E-state index contributed by atoms with van der Waals surface area (Å²) in [6, 6.07) is 5.45. The Kier molecular flexibility index (Phi) is 5.06. The Morgan fingerprint density at radius 2 is 1.94 bits per heavy atom. The van der Waals surface area contributed by atoms with Crippen molar-refractivity contribution in [2.75, 3.05) is 6.54 Å². The third-order valence-electron chi connectivity index (χ3n) is 2.89. The number of benzene rings is 1. The van der Waals surface area contributed by atoms with E-state index in [9.17, 15) is 4.79 Å². The maximum absolute atomic E-state index is 11.6. The Morgan fingerprint density at radius 1 is 1.33 bits per heavy atom. The lowest BCUT2D eigenvalue weighted by atomic mass is 9.84. The van der Waals surface area contributed by atoms with E-state index in [2.05, 4.69) is 5.32 Å². The third kappa shape index (κ3) is 3.89. The van der Waals surface area contributed by atoms with Crippen LogP contribution < -0.4 is 5.32 Å². The van der Waals surface area contributed by atoms with Crippen LogP contribution in [0.15, 0.2) is 18.2 Å². The quantitative estimate of drug-likeness (QED) is 0.890. The van der Waals surface area contributed by atoms with Crippen LogP contribution in [0.1, 0.15) is 33.3 Å². The van der Waals surface area contributed by atoms with E-state index >= 15 is 0 Å². The zero-order valence-corrected chi connectivity index (χ0v) is 12.7. The molecule has 0 spiro atoms. The molecule has 0 saturated carbocycles. The van der Waals surface area contributed by atoms with Crippen molar-refractivity contribution in [1.29, 1.82) is 0 Å². The van der Waals surface area contributed by atoms with E-state index in [4.69, 9.17) is 23.2 Å². The number of carbonyl (C=O) groups is 1. The summed E-state index contributed by atoms with van der Waals surface area (Å²) in [5, 5.41) is 4.18. The van der Waals surface area contributed by atoms with Gasteiger partial charge in [0.25, 0.3) is 0 Å². The Morgan fingerprint density at radius 3 is 2.44 bits per heavy atom. The summed E-state index contributed by atoms with van der Waals surface area (Å²) >= 11 is 12.1. The Hall–Kier alpha value is -0.730. The van der Waals surface area contributed by atoms with Crippen LogP contribution in [0.4, 0.5) is 0 Å². The Labute approximate surface area is 119 Å². The molecule has 18 heavy (non-hydrogen) atoms. The predicted molar refractivity (Wildman–Crippen MR) is 77.3 cm³/mol. The molecule has 0 aliphatic rings. The van der Waals surface area contributed by atoms with Crippen molar-refractivity contribution in [3.63, 3.8) is 0 Å². The Bertz CT molecular complexity index is 441. The van der Waals surface area contributed by atoms with Gasteiger partial charge in [0.1, 0.15) is 0 Å². The molecule has 1 amide bonds. The first-order chi connectivity index (χ1) is 8.24. The smallest absolute Gasteiger partial charge is 0.222 e. The van der Waals surface area contributed by atoms with Crippen LogP contribution in [0, 0.1) is 5.92 Å². The molecule has 2 nitrogen and oxygen atoms in total. The molecule has 0 aliphatic carbocycles. The molecule has 0 heterocycles. The lowest BCUT2D eigenvalue weighted by Crippen LogP contribution is -2.38. The first-order valence-corrected chi connectivity index (χ1v) is 6.73. The fraction of sp³-hybridized carbons (Fsp3) is 0.500. The molecule has 0 bridgehead atoms. The minimum Gasteiger partial charge on any atom is -0.355 e. The second kappa shape index (κ2) is 5.94. The fourth-order valence-corrected chi connectivity index (χ4v) is 2.31. The van der Waals surface area contributed by atoms with E-state index in [1.54, 1.807) is 6.07 Å². The van der Waals surface area contributed by atoms with Crippen LogP contribution in [0.25, 0.3) is 0 Å². The van der Waals surface area contributed by atoms with Gasteiger partial charge in [-0.05, 0) is 17.7 Å². The summed E-state index contributed by atoms with van der Waals surface area (Å²) in [6.45, 7) is 8.38. The van der Waals surface area contributed by atoms with Gasteiger partial charge in [-0.3, -0.25) is 4.79 Å². The molecular weight excluding hydrogens is 269 g/mol. The summed E-state index contributed by atoms with van der Waals surface area (Å²) in [4.78, 5) is 11.6. The van der Waals surface area contributed by atoms with Crippen LogP contribution in [0.2, 0.25) is 10.0 Å². The number of rotatable bonds is 4. The summed E-state index contributed by atoms with van der Waals surface area (Å²) in [7, 11) is 0. The molecule has 0 saturated heterocycles. The zero-order chi connectivity index (χ0) is 13.9. The minimum atomic E-state index is -0.230. The topological polar surface area (TPSA) is 29.1 Å².